The standard InChI is InChI=1S/C14H18F3N3O2.ClH/c1-2-20(13(22)7-8-18)9-12(21)19-11-6-4-3-5-10(11)14(15,16)17;/h3-6H,2,7-9,18H2,1H3,(H,19,21);1H. The number of carbonyl (C=O) groups is 2. The van der Waals surface area contributed by atoms with Crippen LogP contribution in [-0.2, 0) is 15.8 Å². The van der Waals surface area contributed by atoms with E-state index in [9.17, 15) is 22.8 Å². The second-order valence-corrected chi connectivity index (χ2v) is 4.54. The molecule has 0 radical (unpaired) electrons. The number of anilines is 1. The number of amides is 2. The van der Waals surface area contributed by atoms with Gasteiger partial charge in [-0.15, -0.1) is 12.4 Å². The molecule has 1 aromatic rings. The number of hydrogen-bond acceptors (Lipinski definition) is 3. The van der Waals surface area contributed by atoms with Crippen molar-refractivity contribution in [2.24, 2.45) is 5.73 Å². The van der Waals surface area contributed by atoms with Crippen LogP contribution in [0.3, 0.4) is 0 Å². The van der Waals surface area contributed by atoms with Gasteiger partial charge in [0.05, 0.1) is 17.8 Å². The summed E-state index contributed by atoms with van der Waals surface area (Å²) >= 11 is 0. The molecule has 23 heavy (non-hydrogen) atoms. The molecule has 0 unspecified atom stereocenters. The zero-order valence-corrected chi connectivity index (χ0v) is 13.3. The Bertz CT molecular complexity index is 538. The highest BCUT2D eigenvalue weighted by Gasteiger charge is 2.33. The number of para-hydroxylation sites is 1. The highest BCUT2D eigenvalue weighted by atomic mass is 35.5. The Morgan fingerprint density at radius 2 is 1.87 bits per heavy atom. The molecule has 9 heteroatoms. The molecule has 0 aliphatic carbocycles. The molecule has 130 valence electrons. The van der Waals surface area contributed by atoms with Crippen LogP contribution in [0.15, 0.2) is 24.3 Å². The van der Waals surface area contributed by atoms with Crippen LogP contribution in [0.1, 0.15) is 18.9 Å². The maximum atomic E-state index is 12.8. The molecule has 0 aliphatic heterocycles. The van der Waals surface area contributed by atoms with Gasteiger partial charge in [0.2, 0.25) is 11.8 Å². The van der Waals surface area contributed by atoms with Crippen molar-refractivity contribution < 1.29 is 22.8 Å². The number of nitrogens with one attached hydrogen (secondary N) is 1. The second kappa shape index (κ2) is 9.36. The van der Waals surface area contributed by atoms with E-state index in [1.807, 2.05) is 0 Å². The van der Waals surface area contributed by atoms with E-state index in [0.29, 0.717) is 0 Å². The second-order valence-electron chi connectivity index (χ2n) is 4.54. The number of halogens is 4. The summed E-state index contributed by atoms with van der Waals surface area (Å²) in [5.41, 5.74) is 4.01. The largest absolute Gasteiger partial charge is 0.418 e. The fraction of sp³-hybridized carbons (Fsp3) is 0.429. The van der Waals surface area contributed by atoms with Gasteiger partial charge in [-0.3, -0.25) is 9.59 Å². The van der Waals surface area contributed by atoms with E-state index in [1.165, 1.54) is 23.1 Å². The first-order valence-electron chi connectivity index (χ1n) is 6.73. The molecular formula is C14H19ClF3N3O2. The van der Waals surface area contributed by atoms with Crippen LogP contribution in [0, 0.1) is 0 Å². The van der Waals surface area contributed by atoms with Crippen LogP contribution in [0.25, 0.3) is 0 Å². The fourth-order valence-electron chi connectivity index (χ4n) is 1.86. The van der Waals surface area contributed by atoms with E-state index < -0.39 is 17.6 Å². The van der Waals surface area contributed by atoms with E-state index in [2.05, 4.69) is 5.32 Å². The first-order valence-corrected chi connectivity index (χ1v) is 6.73. The molecule has 0 aliphatic rings. The molecule has 0 spiro atoms. The van der Waals surface area contributed by atoms with Crippen molar-refractivity contribution in [2.45, 2.75) is 19.5 Å². The lowest BCUT2D eigenvalue weighted by Gasteiger charge is -2.21. The maximum absolute atomic E-state index is 12.8. The Morgan fingerprint density at radius 1 is 1.26 bits per heavy atom. The average Bonchev–Trinajstić information content (AvgIpc) is 2.44. The van der Waals surface area contributed by atoms with Crippen LogP contribution in [0.5, 0.6) is 0 Å². The topological polar surface area (TPSA) is 75.4 Å². The smallest absolute Gasteiger partial charge is 0.334 e. The van der Waals surface area contributed by atoms with Crippen LogP contribution in [-0.4, -0.2) is 36.3 Å². The number of likely N-dealkylation sites (N-methyl/N-ethyl adjacent to an activating group) is 1. The van der Waals surface area contributed by atoms with Crippen molar-refractivity contribution in [3.8, 4) is 0 Å². The predicted molar refractivity (Wildman–Crippen MR) is 83.2 cm³/mol. The SMILES string of the molecule is CCN(CC(=O)Nc1ccccc1C(F)(F)F)C(=O)CCN.Cl. The van der Waals surface area contributed by atoms with E-state index in [0.717, 1.165) is 6.07 Å². The molecule has 0 heterocycles. The molecule has 1 aromatic carbocycles. The Labute approximate surface area is 138 Å². The number of nitrogens with two attached hydrogens (primary N) is 1. The summed E-state index contributed by atoms with van der Waals surface area (Å²) in [6.45, 7) is 1.77. The fourth-order valence-corrected chi connectivity index (χ4v) is 1.86. The van der Waals surface area contributed by atoms with Gasteiger partial charge < -0.3 is 16.0 Å². The zero-order chi connectivity index (χ0) is 16.8. The van der Waals surface area contributed by atoms with Gasteiger partial charge in [-0.05, 0) is 19.1 Å². The highest BCUT2D eigenvalue weighted by molar-refractivity contribution is 5.95. The lowest BCUT2D eigenvalue weighted by atomic mass is 10.1. The number of nitrogens with zero attached hydrogens (tertiary/aromatic N) is 1. The third-order valence-electron chi connectivity index (χ3n) is 2.93. The normalized spacial score (nSPS) is 10.7. The number of hydrogen-bond donors (Lipinski definition) is 2. The predicted octanol–water partition coefficient (Wildman–Crippen LogP) is 2.26. The molecule has 0 fully saturated rings. The summed E-state index contributed by atoms with van der Waals surface area (Å²) in [6, 6.07) is 4.68. The number of carbonyl (C=O) groups excluding carboxylic acids is 2. The molecule has 2 amide bonds. The van der Waals surface area contributed by atoms with Gasteiger partial charge in [-0.2, -0.15) is 13.2 Å². The summed E-state index contributed by atoms with van der Waals surface area (Å²) < 4.78 is 38.5. The Kier molecular flexibility index (Phi) is 8.63. The summed E-state index contributed by atoms with van der Waals surface area (Å²) in [7, 11) is 0. The minimum Gasteiger partial charge on any atom is -0.334 e. The summed E-state index contributed by atoms with van der Waals surface area (Å²) in [5.74, 6) is -1.01. The lowest BCUT2D eigenvalue weighted by molar-refractivity contribution is -0.137. The molecule has 0 bridgehead atoms. The summed E-state index contributed by atoms with van der Waals surface area (Å²) in [5, 5.41) is 2.19. The molecule has 0 saturated carbocycles. The molecule has 1 rings (SSSR count). The minimum absolute atomic E-state index is 0. The van der Waals surface area contributed by atoms with Gasteiger partial charge in [-0.1, -0.05) is 12.1 Å². The van der Waals surface area contributed by atoms with Crippen LogP contribution >= 0.6 is 12.4 Å². The third kappa shape index (κ3) is 6.45. The minimum atomic E-state index is -4.57. The zero-order valence-electron chi connectivity index (χ0n) is 12.5. The first-order chi connectivity index (χ1) is 10.3. The molecule has 3 N–H and O–H groups in total. The Hall–Kier alpha value is -1.80. The number of rotatable bonds is 6. The number of benzene rings is 1. The van der Waals surface area contributed by atoms with Crippen molar-refractivity contribution in [1.29, 1.82) is 0 Å². The van der Waals surface area contributed by atoms with Crippen molar-refractivity contribution in [3.05, 3.63) is 29.8 Å². The third-order valence-corrected chi connectivity index (χ3v) is 2.93. The van der Waals surface area contributed by atoms with Crippen LogP contribution in [0.2, 0.25) is 0 Å². The quantitative estimate of drug-likeness (QED) is 0.823. The molecular weight excluding hydrogens is 335 g/mol. The van der Waals surface area contributed by atoms with Gasteiger partial charge >= 0.3 is 6.18 Å². The summed E-state index contributed by atoms with van der Waals surface area (Å²) in [4.78, 5) is 24.8. The number of alkyl halides is 3. The molecule has 0 atom stereocenters. The van der Waals surface area contributed by atoms with E-state index in [1.54, 1.807) is 6.92 Å². The first kappa shape index (κ1) is 21.2. The van der Waals surface area contributed by atoms with Gasteiger partial charge in [0.15, 0.2) is 0 Å². The monoisotopic (exact) mass is 353 g/mol. The Morgan fingerprint density at radius 3 is 2.39 bits per heavy atom. The maximum Gasteiger partial charge on any atom is 0.418 e. The van der Waals surface area contributed by atoms with Crippen molar-refractivity contribution in [3.63, 3.8) is 0 Å². The van der Waals surface area contributed by atoms with E-state index in [-0.39, 0.29) is 50.1 Å². The van der Waals surface area contributed by atoms with Gasteiger partial charge in [0, 0.05) is 19.5 Å². The van der Waals surface area contributed by atoms with E-state index >= 15 is 0 Å². The van der Waals surface area contributed by atoms with Crippen LogP contribution in [0.4, 0.5) is 18.9 Å². The molecule has 0 aromatic heterocycles. The molecule has 5 nitrogen and oxygen atoms in total. The lowest BCUT2D eigenvalue weighted by Crippen LogP contribution is -2.38. The van der Waals surface area contributed by atoms with Gasteiger partial charge in [-0.25, -0.2) is 0 Å². The van der Waals surface area contributed by atoms with Gasteiger partial charge in [0.1, 0.15) is 0 Å². The average molecular weight is 354 g/mol. The molecule has 0 saturated heterocycles. The Balaban J connectivity index is 0.00000484. The van der Waals surface area contributed by atoms with Crippen molar-refractivity contribution in [2.75, 3.05) is 25.0 Å². The summed E-state index contributed by atoms with van der Waals surface area (Å²) in [6.07, 6.45) is -4.48. The van der Waals surface area contributed by atoms with Crippen LogP contribution < -0.4 is 11.1 Å². The van der Waals surface area contributed by atoms with Crippen molar-refractivity contribution >= 4 is 29.9 Å². The van der Waals surface area contributed by atoms with Crippen molar-refractivity contribution in [1.82, 2.24) is 4.90 Å². The van der Waals surface area contributed by atoms with Gasteiger partial charge in [0.25, 0.3) is 0 Å². The van der Waals surface area contributed by atoms with E-state index in [4.69, 9.17) is 5.73 Å². The highest BCUT2D eigenvalue weighted by Crippen LogP contribution is 2.34.